The lowest BCUT2D eigenvalue weighted by Crippen LogP contribution is -2.36. The summed E-state index contributed by atoms with van der Waals surface area (Å²) in [6, 6.07) is 0. The van der Waals surface area contributed by atoms with Gasteiger partial charge in [-0.15, -0.1) is 6.58 Å². The predicted molar refractivity (Wildman–Crippen MR) is 70.0 cm³/mol. The van der Waals surface area contributed by atoms with Crippen LogP contribution in [0.2, 0.25) is 0 Å². The average Bonchev–Trinajstić information content (AvgIpc) is 2.33. The van der Waals surface area contributed by atoms with Gasteiger partial charge < -0.3 is 0 Å². The maximum atomic E-state index is 11.6. The molecule has 0 saturated heterocycles. The molecule has 0 N–H and O–H groups in total. The van der Waals surface area contributed by atoms with E-state index >= 15 is 0 Å². The van der Waals surface area contributed by atoms with Crippen LogP contribution in [0.1, 0.15) is 32.6 Å². The Balaban J connectivity index is 3.98. The Hall–Kier alpha value is -0.970. The number of rotatable bonds is 8. The van der Waals surface area contributed by atoms with E-state index in [-0.39, 0.29) is 17.6 Å². The minimum Gasteiger partial charge on any atom is -0.285 e. The van der Waals surface area contributed by atoms with Crippen LogP contribution in [0.15, 0.2) is 12.7 Å². The number of carbonyl (C=O) groups excluding carboxylic acids is 2. The van der Waals surface area contributed by atoms with Crippen molar-refractivity contribution in [3.8, 4) is 0 Å². The molecular weight excluding hydrogens is 238 g/mol. The Morgan fingerprint density at radius 3 is 2.47 bits per heavy atom. The van der Waals surface area contributed by atoms with Crippen molar-refractivity contribution in [3.63, 3.8) is 0 Å². The van der Waals surface area contributed by atoms with E-state index in [4.69, 9.17) is 0 Å². The summed E-state index contributed by atoms with van der Waals surface area (Å²) in [4.78, 5) is 24.2. The zero-order chi connectivity index (χ0) is 13.3. The molecule has 0 fully saturated rings. The van der Waals surface area contributed by atoms with Gasteiger partial charge in [-0.2, -0.15) is 0 Å². The first-order valence-corrected chi connectivity index (χ1v) is 7.27. The first-order chi connectivity index (χ1) is 8.02. The molecule has 0 aliphatic heterocycles. The van der Waals surface area contributed by atoms with Crippen molar-refractivity contribution in [2.24, 2.45) is 0 Å². The SMILES string of the molecule is C=CCCCCC(=O)N(C)C(=O)CS(=O)CC. The molecule has 1 atom stereocenters. The predicted octanol–water partition coefficient (Wildman–Crippen LogP) is 1.49. The molecule has 0 aliphatic carbocycles. The zero-order valence-electron chi connectivity index (χ0n) is 10.6. The van der Waals surface area contributed by atoms with Gasteiger partial charge in [-0.05, 0) is 19.3 Å². The summed E-state index contributed by atoms with van der Waals surface area (Å²) in [7, 11) is 0.290. The molecule has 0 saturated carbocycles. The number of hydrogen-bond acceptors (Lipinski definition) is 3. The summed E-state index contributed by atoms with van der Waals surface area (Å²) < 4.78 is 11.2. The normalized spacial score (nSPS) is 11.9. The molecule has 0 aromatic rings. The molecule has 4 nitrogen and oxygen atoms in total. The van der Waals surface area contributed by atoms with Gasteiger partial charge in [0, 0.05) is 30.0 Å². The topological polar surface area (TPSA) is 54.5 Å². The van der Waals surface area contributed by atoms with E-state index in [9.17, 15) is 13.8 Å². The van der Waals surface area contributed by atoms with Crippen LogP contribution in [-0.2, 0) is 20.4 Å². The van der Waals surface area contributed by atoms with Gasteiger partial charge in [-0.1, -0.05) is 13.0 Å². The number of amides is 2. The van der Waals surface area contributed by atoms with E-state index in [0.29, 0.717) is 12.2 Å². The van der Waals surface area contributed by atoms with E-state index in [1.807, 2.05) is 6.08 Å². The number of nitrogens with zero attached hydrogens (tertiary/aromatic N) is 1. The van der Waals surface area contributed by atoms with E-state index < -0.39 is 10.8 Å². The number of allylic oxidation sites excluding steroid dienone is 1. The van der Waals surface area contributed by atoms with Crippen LogP contribution in [-0.4, -0.2) is 39.5 Å². The van der Waals surface area contributed by atoms with Gasteiger partial charge >= 0.3 is 0 Å². The largest absolute Gasteiger partial charge is 0.285 e. The minimum atomic E-state index is -1.16. The number of unbranched alkanes of at least 4 members (excludes halogenated alkanes) is 2. The van der Waals surface area contributed by atoms with Crippen LogP contribution in [0.3, 0.4) is 0 Å². The van der Waals surface area contributed by atoms with Crippen molar-refractivity contribution in [2.45, 2.75) is 32.6 Å². The number of imide groups is 1. The van der Waals surface area contributed by atoms with E-state index in [0.717, 1.165) is 24.2 Å². The van der Waals surface area contributed by atoms with E-state index in [1.165, 1.54) is 7.05 Å². The monoisotopic (exact) mass is 259 g/mol. The quantitative estimate of drug-likeness (QED) is 0.490. The molecule has 0 bridgehead atoms. The van der Waals surface area contributed by atoms with Crippen LogP contribution >= 0.6 is 0 Å². The van der Waals surface area contributed by atoms with Gasteiger partial charge in [-0.3, -0.25) is 18.7 Å². The van der Waals surface area contributed by atoms with Crippen LogP contribution < -0.4 is 0 Å². The molecule has 0 aromatic carbocycles. The summed E-state index contributed by atoms with van der Waals surface area (Å²) in [6.07, 6.45) is 4.70. The van der Waals surface area contributed by atoms with Crippen LogP contribution in [0, 0.1) is 0 Å². The third-order valence-corrected chi connectivity index (χ3v) is 3.62. The Bertz CT molecular complexity index is 302. The highest BCUT2D eigenvalue weighted by Crippen LogP contribution is 2.03. The average molecular weight is 259 g/mol. The van der Waals surface area contributed by atoms with Gasteiger partial charge in [0.05, 0.1) is 0 Å². The van der Waals surface area contributed by atoms with Gasteiger partial charge in [0.2, 0.25) is 11.8 Å². The molecule has 0 spiro atoms. The summed E-state index contributed by atoms with van der Waals surface area (Å²) >= 11 is 0. The summed E-state index contributed by atoms with van der Waals surface area (Å²) in [5.41, 5.74) is 0. The highest BCUT2D eigenvalue weighted by atomic mass is 32.2. The summed E-state index contributed by atoms with van der Waals surface area (Å²) in [6.45, 7) is 5.35. The summed E-state index contributed by atoms with van der Waals surface area (Å²) in [5, 5.41) is 0. The lowest BCUT2D eigenvalue weighted by molar-refractivity contribution is -0.141. The lowest BCUT2D eigenvalue weighted by Gasteiger charge is -2.14. The fraction of sp³-hybridized carbons (Fsp3) is 0.667. The minimum absolute atomic E-state index is 0.0641. The van der Waals surface area contributed by atoms with Gasteiger partial charge in [0.25, 0.3) is 0 Å². The first-order valence-electron chi connectivity index (χ1n) is 5.78. The second-order valence-electron chi connectivity index (χ2n) is 3.75. The molecule has 17 heavy (non-hydrogen) atoms. The Kier molecular flexibility index (Phi) is 8.58. The molecule has 2 amide bonds. The number of hydrogen-bond donors (Lipinski definition) is 0. The third kappa shape index (κ3) is 7.05. The summed E-state index contributed by atoms with van der Waals surface area (Å²) in [5.74, 6) is -0.190. The van der Waals surface area contributed by atoms with Crippen molar-refractivity contribution >= 4 is 22.6 Å². The van der Waals surface area contributed by atoms with Crippen LogP contribution in [0.25, 0.3) is 0 Å². The highest BCUT2D eigenvalue weighted by Gasteiger charge is 2.17. The third-order valence-electron chi connectivity index (χ3n) is 2.40. The molecule has 0 rings (SSSR count). The van der Waals surface area contributed by atoms with Crippen molar-refractivity contribution in [2.75, 3.05) is 18.6 Å². The van der Waals surface area contributed by atoms with Gasteiger partial charge in [0.15, 0.2) is 0 Å². The molecule has 0 radical (unpaired) electrons. The standard InChI is InChI=1S/C12H21NO3S/c1-4-6-7-8-9-11(14)13(3)12(15)10-17(16)5-2/h4H,1,5-10H2,2-3H3. The van der Waals surface area contributed by atoms with E-state index in [2.05, 4.69) is 6.58 Å². The van der Waals surface area contributed by atoms with Crippen LogP contribution in [0.5, 0.6) is 0 Å². The Morgan fingerprint density at radius 1 is 1.29 bits per heavy atom. The van der Waals surface area contributed by atoms with Gasteiger partial charge in [-0.25, -0.2) is 0 Å². The van der Waals surface area contributed by atoms with Crippen molar-refractivity contribution < 1.29 is 13.8 Å². The fourth-order valence-corrected chi connectivity index (χ4v) is 1.88. The second-order valence-corrected chi connectivity index (χ2v) is 5.50. The lowest BCUT2D eigenvalue weighted by atomic mass is 10.2. The zero-order valence-corrected chi connectivity index (χ0v) is 11.4. The van der Waals surface area contributed by atoms with Crippen molar-refractivity contribution in [1.29, 1.82) is 0 Å². The molecular formula is C12H21NO3S. The molecule has 1 unspecified atom stereocenters. The van der Waals surface area contributed by atoms with Crippen LogP contribution in [0.4, 0.5) is 0 Å². The Morgan fingerprint density at radius 2 is 1.94 bits per heavy atom. The highest BCUT2D eigenvalue weighted by molar-refractivity contribution is 7.85. The maximum Gasteiger partial charge on any atom is 0.241 e. The molecule has 0 heterocycles. The maximum absolute atomic E-state index is 11.6. The van der Waals surface area contributed by atoms with Crippen molar-refractivity contribution in [1.82, 2.24) is 4.90 Å². The molecule has 5 heteroatoms. The molecule has 98 valence electrons. The fourth-order valence-electron chi connectivity index (χ4n) is 1.21. The number of carbonyl (C=O) groups is 2. The molecule has 0 aliphatic rings. The molecule has 0 aromatic heterocycles. The smallest absolute Gasteiger partial charge is 0.241 e. The Labute approximate surface area is 106 Å². The van der Waals surface area contributed by atoms with Gasteiger partial charge in [0.1, 0.15) is 5.75 Å². The van der Waals surface area contributed by atoms with Crippen molar-refractivity contribution in [3.05, 3.63) is 12.7 Å². The first kappa shape index (κ1) is 16.0. The second kappa shape index (κ2) is 9.10. The van der Waals surface area contributed by atoms with E-state index in [1.54, 1.807) is 6.92 Å².